The van der Waals surface area contributed by atoms with Crippen molar-refractivity contribution in [2.75, 3.05) is 20.7 Å². The maximum Gasteiger partial charge on any atom is 0.254 e. The second kappa shape index (κ2) is 7.56. The van der Waals surface area contributed by atoms with Crippen molar-refractivity contribution in [3.05, 3.63) is 57.2 Å². The Morgan fingerprint density at radius 2 is 2.08 bits per heavy atom. The minimum atomic E-state index is -0.742. The molecule has 7 heteroatoms. The lowest BCUT2D eigenvalue weighted by Gasteiger charge is -2.39. The molecule has 1 fully saturated rings. The van der Waals surface area contributed by atoms with Crippen molar-refractivity contribution in [3.8, 4) is 0 Å². The lowest BCUT2D eigenvalue weighted by Crippen LogP contribution is -2.53. The zero-order valence-corrected chi connectivity index (χ0v) is 15.6. The van der Waals surface area contributed by atoms with Crippen LogP contribution in [-0.4, -0.2) is 48.4 Å². The molecule has 1 aliphatic rings. The van der Waals surface area contributed by atoms with E-state index in [2.05, 4.69) is 0 Å². The molecule has 0 aliphatic carbocycles. The third kappa shape index (κ3) is 3.86. The number of hydrogen-bond donors (Lipinski definition) is 0. The standard InChI is InChI=1S/C18H19ClN2O3S/c1-20(10-14-4-3-9-25-14)18(23)17-16(21(2)15(22)11-24-17)12-5-7-13(19)8-6-12/h3-9,16-17H,10-11H2,1-2H3/t16-,17-/m1/s1. The van der Waals surface area contributed by atoms with E-state index in [4.69, 9.17) is 16.3 Å². The number of ether oxygens (including phenoxy) is 1. The number of likely N-dealkylation sites (N-methyl/N-ethyl adjacent to an activating group) is 2. The number of amides is 2. The van der Waals surface area contributed by atoms with Gasteiger partial charge in [-0.1, -0.05) is 29.8 Å². The van der Waals surface area contributed by atoms with Gasteiger partial charge in [0.15, 0.2) is 6.10 Å². The van der Waals surface area contributed by atoms with Crippen molar-refractivity contribution in [3.63, 3.8) is 0 Å². The number of rotatable bonds is 4. The van der Waals surface area contributed by atoms with Gasteiger partial charge in [-0.3, -0.25) is 9.59 Å². The fourth-order valence-electron chi connectivity index (χ4n) is 2.91. The molecule has 1 aromatic heterocycles. The number of morpholine rings is 1. The Morgan fingerprint density at radius 3 is 2.72 bits per heavy atom. The van der Waals surface area contributed by atoms with Crippen molar-refractivity contribution >= 4 is 34.8 Å². The van der Waals surface area contributed by atoms with Crippen LogP contribution in [0.4, 0.5) is 0 Å². The molecule has 2 aromatic rings. The molecule has 1 aliphatic heterocycles. The van der Waals surface area contributed by atoms with Crippen molar-refractivity contribution in [1.82, 2.24) is 9.80 Å². The number of carbonyl (C=O) groups is 2. The van der Waals surface area contributed by atoms with E-state index in [0.717, 1.165) is 10.4 Å². The molecule has 2 atom stereocenters. The van der Waals surface area contributed by atoms with Gasteiger partial charge >= 0.3 is 0 Å². The molecule has 0 bridgehead atoms. The average molecular weight is 379 g/mol. The summed E-state index contributed by atoms with van der Waals surface area (Å²) in [5.41, 5.74) is 0.822. The van der Waals surface area contributed by atoms with Gasteiger partial charge in [-0.15, -0.1) is 11.3 Å². The van der Waals surface area contributed by atoms with Gasteiger partial charge in [0.05, 0.1) is 12.6 Å². The molecule has 0 spiro atoms. The Hall–Kier alpha value is -1.89. The number of benzene rings is 1. The summed E-state index contributed by atoms with van der Waals surface area (Å²) in [6.45, 7) is 0.422. The monoisotopic (exact) mass is 378 g/mol. The Balaban J connectivity index is 1.84. The van der Waals surface area contributed by atoms with Crippen LogP contribution in [0.25, 0.3) is 0 Å². The summed E-state index contributed by atoms with van der Waals surface area (Å²) < 4.78 is 5.65. The number of nitrogens with zero attached hydrogens (tertiary/aromatic N) is 2. The van der Waals surface area contributed by atoms with E-state index in [1.807, 2.05) is 29.6 Å². The third-order valence-corrected chi connectivity index (χ3v) is 5.40. The van der Waals surface area contributed by atoms with Crippen LogP contribution in [0.2, 0.25) is 5.02 Å². The van der Waals surface area contributed by atoms with E-state index in [-0.39, 0.29) is 18.4 Å². The highest BCUT2D eigenvalue weighted by Crippen LogP contribution is 2.31. The van der Waals surface area contributed by atoms with Crippen LogP contribution in [0, 0.1) is 0 Å². The normalized spacial score (nSPS) is 20.6. The molecule has 0 N–H and O–H groups in total. The van der Waals surface area contributed by atoms with Crippen LogP contribution in [0.1, 0.15) is 16.5 Å². The van der Waals surface area contributed by atoms with Gasteiger partial charge in [-0.05, 0) is 29.1 Å². The molecular formula is C18H19ClN2O3S. The Labute approximate surface area is 155 Å². The highest BCUT2D eigenvalue weighted by molar-refractivity contribution is 7.09. The van der Waals surface area contributed by atoms with Crippen molar-refractivity contribution in [1.29, 1.82) is 0 Å². The minimum Gasteiger partial charge on any atom is -0.356 e. The van der Waals surface area contributed by atoms with Crippen molar-refractivity contribution < 1.29 is 14.3 Å². The van der Waals surface area contributed by atoms with Gasteiger partial charge in [-0.25, -0.2) is 0 Å². The molecule has 1 aromatic carbocycles. The predicted octanol–water partition coefficient (Wildman–Crippen LogP) is 2.96. The fourth-order valence-corrected chi connectivity index (χ4v) is 3.79. The summed E-state index contributed by atoms with van der Waals surface area (Å²) in [6, 6.07) is 10.6. The van der Waals surface area contributed by atoms with Gasteiger partial charge in [-0.2, -0.15) is 0 Å². The van der Waals surface area contributed by atoms with Crippen molar-refractivity contribution in [2.24, 2.45) is 0 Å². The van der Waals surface area contributed by atoms with E-state index in [1.54, 1.807) is 47.4 Å². The summed E-state index contributed by atoms with van der Waals surface area (Å²) in [6.07, 6.45) is -0.742. The van der Waals surface area contributed by atoms with E-state index in [9.17, 15) is 9.59 Å². The average Bonchev–Trinajstić information content (AvgIpc) is 3.10. The highest BCUT2D eigenvalue weighted by atomic mass is 35.5. The molecule has 2 amide bonds. The second-order valence-electron chi connectivity index (χ2n) is 6.01. The molecule has 132 valence electrons. The van der Waals surface area contributed by atoms with Crippen LogP contribution in [0.3, 0.4) is 0 Å². The van der Waals surface area contributed by atoms with E-state index in [0.29, 0.717) is 11.6 Å². The van der Waals surface area contributed by atoms with Gasteiger partial charge < -0.3 is 14.5 Å². The van der Waals surface area contributed by atoms with E-state index in [1.165, 1.54) is 0 Å². The molecule has 25 heavy (non-hydrogen) atoms. The maximum absolute atomic E-state index is 13.0. The smallest absolute Gasteiger partial charge is 0.254 e. The number of carbonyl (C=O) groups excluding carboxylic acids is 2. The lowest BCUT2D eigenvalue weighted by molar-refractivity contribution is -0.167. The van der Waals surface area contributed by atoms with E-state index < -0.39 is 12.1 Å². The number of thiophene rings is 1. The first-order valence-electron chi connectivity index (χ1n) is 7.87. The summed E-state index contributed by atoms with van der Waals surface area (Å²) in [4.78, 5) is 29.4. The van der Waals surface area contributed by atoms with Crippen LogP contribution < -0.4 is 0 Å². The first-order chi connectivity index (χ1) is 12.0. The summed E-state index contributed by atoms with van der Waals surface area (Å²) in [5, 5.41) is 2.58. The highest BCUT2D eigenvalue weighted by Gasteiger charge is 2.41. The lowest BCUT2D eigenvalue weighted by atomic mass is 9.97. The van der Waals surface area contributed by atoms with E-state index >= 15 is 0 Å². The van der Waals surface area contributed by atoms with Gasteiger partial charge in [0, 0.05) is 24.0 Å². The van der Waals surface area contributed by atoms with Crippen LogP contribution in [-0.2, 0) is 20.9 Å². The Kier molecular flexibility index (Phi) is 5.42. The molecule has 0 radical (unpaired) electrons. The zero-order chi connectivity index (χ0) is 18.0. The second-order valence-corrected chi connectivity index (χ2v) is 7.47. The summed E-state index contributed by atoms with van der Waals surface area (Å²) in [5.74, 6) is -0.294. The number of hydrogen-bond acceptors (Lipinski definition) is 4. The van der Waals surface area contributed by atoms with Crippen LogP contribution in [0.5, 0.6) is 0 Å². The SMILES string of the molecule is CN(Cc1cccs1)C(=O)[C@@H]1OCC(=O)N(C)[C@@H]1c1ccc(Cl)cc1. The summed E-state index contributed by atoms with van der Waals surface area (Å²) in [7, 11) is 3.45. The zero-order valence-electron chi connectivity index (χ0n) is 14.0. The topological polar surface area (TPSA) is 49.9 Å². The van der Waals surface area contributed by atoms with Gasteiger partial charge in [0.2, 0.25) is 5.91 Å². The Morgan fingerprint density at radius 1 is 1.36 bits per heavy atom. The number of halogens is 1. The molecule has 0 unspecified atom stereocenters. The fraction of sp³-hybridized carbons (Fsp3) is 0.333. The van der Waals surface area contributed by atoms with Crippen LogP contribution >= 0.6 is 22.9 Å². The quantitative estimate of drug-likeness (QED) is 0.821. The molecule has 2 heterocycles. The minimum absolute atomic E-state index is 0.0934. The molecule has 5 nitrogen and oxygen atoms in total. The van der Waals surface area contributed by atoms with Crippen molar-refractivity contribution in [2.45, 2.75) is 18.7 Å². The van der Waals surface area contributed by atoms with Crippen LogP contribution in [0.15, 0.2) is 41.8 Å². The molecule has 3 rings (SSSR count). The Bertz CT molecular complexity index is 748. The largest absolute Gasteiger partial charge is 0.356 e. The molecule has 1 saturated heterocycles. The first kappa shape index (κ1) is 17.9. The first-order valence-corrected chi connectivity index (χ1v) is 9.13. The van der Waals surface area contributed by atoms with Gasteiger partial charge in [0.1, 0.15) is 6.61 Å². The maximum atomic E-state index is 13.0. The third-order valence-electron chi connectivity index (χ3n) is 4.29. The molecular weight excluding hydrogens is 360 g/mol. The summed E-state index contributed by atoms with van der Waals surface area (Å²) >= 11 is 7.56. The molecule has 0 saturated carbocycles. The predicted molar refractivity (Wildman–Crippen MR) is 97.5 cm³/mol. The van der Waals surface area contributed by atoms with Gasteiger partial charge in [0.25, 0.3) is 5.91 Å².